The Bertz CT molecular complexity index is 714. The quantitative estimate of drug-likeness (QED) is 0.635. The Labute approximate surface area is 136 Å². The van der Waals surface area contributed by atoms with Crippen molar-refractivity contribution >= 4 is 5.69 Å². The lowest BCUT2D eigenvalue weighted by Gasteiger charge is -2.13. The average Bonchev–Trinajstić information content (AvgIpc) is 2.63. The molecular weight excluding hydrogens is 284 g/mol. The molecule has 0 aliphatic heterocycles. The number of para-hydroxylation sites is 2. The van der Waals surface area contributed by atoms with Crippen LogP contribution in [0.2, 0.25) is 0 Å². The van der Waals surface area contributed by atoms with Crippen LogP contribution in [-0.4, -0.2) is 0 Å². The first-order chi connectivity index (χ1) is 11.4. The molecule has 0 saturated carbocycles. The van der Waals surface area contributed by atoms with E-state index in [0.717, 1.165) is 22.6 Å². The molecule has 0 bridgehead atoms. The molecular formula is C20H20N2O. The van der Waals surface area contributed by atoms with Crippen LogP contribution < -0.4 is 15.6 Å². The number of nitrogens with one attached hydrogen (secondary N) is 2. The number of anilines is 1. The van der Waals surface area contributed by atoms with Gasteiger partial charge in [-0.15, -0.1) is 0 Å². The summed E-state index contributed by atoms with van der Waals surface area (Å²) in [6.07, 6.45) is 0. The molecule has 0 aromatic heterocycles. The highest BCUT2D eigenvalue weighted by Gasteiger charge is 2.03. The first kappa shape index (κ1) is 15.1. The van der Waals surface area contributed by atoms with Gasteiger partial charge in [0, 0.05) is 17.8 Å². The molecule has 0 spiro atoms. The first-order valence-corrected chi connectivity index (χ1v) is 7.70. The van der Waals surface area contributed by atoms with E-state index in [9.17, 15) is 0 Å². The van der Waals surface area contributed by atoms with Gasteiger partial charge in [-0.25, -0.2) is 5.43 Å². The summed E-state index contributed by atoms with van der Waals surface area (Å²) in [5.74, 6) is 0.902. The van der Waals surface area contributed by atoms with Crippen LogP contribution in [0, 0.1) is 0 Å². The van der Waals surface area contributed by atoms with Gasteiger partial charge in [0.15, 0.2) is 0 Å². The lowest BCUT2D eigenvalue weighted by molar-refractivity contribution is 0.302. The molecule has 0 radical (unpaired) electrons. The Morgan fingerprint density at radius 1 is 0.696 bits per heavy atom. The molecule has 0 amide bonds. The highest BCUT2D eigenvalue weighted by atomic mass is 16.5. The smallest absolute Gasteiger partial charge is 0.124 e. The molecule has 0 heterocycles. The number of hydrazine groups is 1. The van der Waals surface area contributed by atoms with Gasteiger partial charge in [-0.1, -0.05) is 66.7 Å². The largest absolute Gasteiger partial charge is 0.489 e. The zero-order valence-corrected chi connectivity index (χ0v) is 12.9. The van der Waals surface area contributed by atoms with Gasteiger partial charge in [0.05, 0.1) is 0 Å². The van der Waals surface area contributed by atoms with E-state index in [-0.39, 0.29) is 0 Å². The molecule has 3 rings (SSSR count). The topological polar surface area (TPSA) is 33.3 Å². The molecule has 2 N–H and O–H groups in total. The fourth-order valence-corrected chi connectivity index (χ4v) is 2.29. The Hall–Kier alpha value is -2.78. The third-order valence-electron chi connectivity index (χ3n) is 3.50. The predicted octanol–water partition coefficient (Wildman–Crippen LogP) is 4.38. The number of hydrogen-bond donors (Lipinski definition) is 2. The van der Waals surface area contributed by atoms with E-state index in [4.69, 9.17) is 4.74 Å². The summed E-state index contributed by atoms with van der Waals surface area (Å²) in [4.78, 5) is 0. The maximum atomic E-state index is 5.96. The van der Waals surface area contributed by atoms with Crippen molar-refractivity contribution in [2.45, 2.75) is 13.2 Å². The molecule has 3 aromatic rings. The second-order valence-corrected chi connectivity index (χ2v) is 5.23. The molecule has 0 saturated heterocycles. The number of benzene rings is 3. The summed E-state index contributed by atoms with van der Waals surface area (Å²) in [5.41, 5.74) is 9.73. The number of ether oxygens (including phenoxy) is 1. The van der Waals surface area contributed by atoms with Crippen LogP contribution >= 0.6 is 0 Å². The molecule has 23 heavy (non-hydrogen) atoms. The van der Waals surface area contributed by atoms with Gasteiger partial charge in [-0.05, 0) is 23.8 Å². The molecule has 0 aliphatic rings. The molecule has 0 atom stereocenters. The molecule has 116 valence electrons. The van der Waals surface area contributed by atoms with E-state index >= 15 is 0 Å². The van der Waals surface area contributed by atoms with Crippen molar-refractivity contribution in [1.82, 2.24) is 5.43 Å². The number of hydrogen-bond acceptors (Lipinski definition) is 3. The van der Waals surface area contributed by atoms with Gasteiger partial charge in [0.1, 0.15) is 12.4 Å². The average molecular weight is 304 g/mol. The van der Waals surface area contributed by atoms with Crippen LogP contribution in [0.4, 0.5) is 5.69 Å². The Morgan fingerprint density at radius 3 is 2.13 bits per heavy atom. The maximum absolute atomic E-state index is 5.96. The first-order valence-electron chi connectivity index (χ1n) is 7.70. The van der Waals surface area contributed by atoms with Crippen LogP contribution in [0.15, 0.2) is 84.9 Å². The fraction of sp³-hybridized carbons (Fsp3) is 0.100. The van der Waals surface area contributed by atoms with Crippen LogP contribution in [-0.2, 0) is 13.2 Å². The Morgan fingerprint density at radius 2 is 1.35 bits per heavy atom. The van der Waals surface area contributed by atoms with Gasteiger partial charge >= 0.3 is 0 Å². The second kappa shape index (κ2) is 8.01. The van der Waals surface area contributed by atoms with E-state index < -0.39 is 0 Å². The van der Waals surface area contributed by atoms with Crippen LogP contribution in [0.3, 0.4) is 0 Å². The van der Waals surface area contributed by atoms with E-state index in [1.807, 2.05) is 66.7 Å². The molecule has 3 aromatic carbocycles. The lowest BCUT2D eigenvalue weighted by atomic mass is 10.2. The maximum Gasteiger partial charge on any atom is 0.124 e. The minimum absolute atomic E-state index is 0.573. The van der Waals surface area contributed by atoms with Crippen molar-refractivity contribution in [3.05, 3.63) is 96.1 Å². The third kappa shape index (κ3) is 4.59. The van der Waals surface area contributed by atoms with Gasteiger partial charge in [0.2, 0.25) is 0 Å². The van der Waals surface area contributed by atoms with Crippen LogP contribution in [0.25, 0.3) is 0 Å². The number of rotatable bonds is 7. The summed E-state index contributed by atoms with van der Waals surface area (Å²) >= 11 is 0. The summed E-state index contributed by atoms with van der Waals surface area (Å²) < 4.78 is 5.96. The monoisotopic (exact) mass is 304 g/mol. The standard InChI is InChI=1S/C20H20N2O/c1-3-9-17(10-4-1)16-23-20-14-8-7-11-18(20)15-21-22-19-12-5-2-6-13-19/h1-14,21-22H,15-16H2. The second-order valence-electron chi connectivity index (χ2n) is 5.23. The van der Waals surface area contributed by atoms with Crippen LogP contribution in [0.5, 0.6) is 5.75 Å². The van der Waals surface area contributed by atoms with E-state index in [1.54, 1.807) is 0 Å². The minimum Gasteiger partial charge on any atom is -0.489 e. The predicted molar refractivity (Wildman–Crippen MR) is 94.1 cm³/mol. The molecule has 0 fully saturated rings. The Kier molecular flexibility index (Phi) is 5.27. The van der Waals surface area contributed by atoms with E-state index in [2.05, 4.69) is 29.1 Å². The molecule has 0 aliphatic carbocycles. The normalized spacial score (nSPS) is 10.3. The Balaban J connectivity index is 1.57. The summed E-state index contributed by atoms with van der Waals surface area (Å²) in [6.45, 7) is 1.25. The van der Waals surface area contributed by atoms with Crippen molar-refractivity contribution in [2.75, 3.05) is 5.43 Å². The van der Waals surface area contributed by atoms with E-state index in [1.165, 1.54) is 0 Å². The van der Waals surface area contributed by atoms with Gasteiger partial charge < -0.3 is 10.2 Å². The fourth-order valence-electron chi connectivity index (χ4n) is 2.29. The van der Waals surface area contributed by atoms with Crippen molar-refractivity contribution in [3.63, 3.8) is 0 Å². The third-order valence-corrected chi connectivity index (χ3v) is 3.50. The summed E-state index contributed by atoms with van der Waals surface area (Å²) in [5, 5.41) is 0. The van der Waals surface area contributed by atoms with Gasteiger partial charge in [0.25, 0.3) is 0 Å². The van der Waals surface area contributed by atoms with E-state index in [0.29, 0.717) is 13.2 Å². The summed E-state index contributed by atoms with van der Waals surface area (Å²) in [6, 6.07) is 28.3. The minimum atomic E-state index is 0.573. The van der Waals surface area contributed by atoms with Gasteiger partial charge in [-0.3, -0.25) is 0 Å². The van der Waals surface area contributed by atoms with Crippen molar-refractivity contribution < 1.29 is 4.74 Å². The van der Waals surface area contributed by atoms with Crippen molar-refractivity contribution in [3.8, 4) is 5.75 Å². The summed E-state index contributed by atoms with van der Waals surface area (Å²) in [7, 11) is 0. The zero-order valence-electron chi connectivity index (χ0n) is 12.9. The van der Waals surface area contributed by atoms with Crippen LogP contribution in [0.1, 0.15) is 11.1 Å². The van der Waals surface area contributed by atoms with Crippen molar-refractivity contribution in [2.24, 2.45) is 0 Å². The molecule has 3 nitrogen and oxygen atoms in total. The van der Waals surface area contributed by atoms with Gasteiger partial charge in [-0.2, -0.15) is 0 Å². The highest BCUT2D eigenvalue weighted by molar-refractivity contribution is 5.41. The lowest BCUT2D eigenvalue weighted by Crippen LogP contribution is -2.21. The highest BCUT2D eigenvalue weighted by Crippen LogP contribution is 2.19. The zero-order chi connectivity index (χ0) is 15.7. The molecule has 0 unspecified atom stereocenters. The van der Waals surface area contributed by atoms with Crippen molar-refractivity contribution in [1.29, 1.82) is 0 Å². The molecule has 3 heteroatoms. The SMILES string of the molecule is c1ccc(COc2ccccc2CNNc2ccccc2)cc1.